The maximum absolute atomic E-state index is 12.9. The van der Waals surface area contributed by atoms with Gasteiger partial charge in [0.15, 0.2) is 0 Å². The van der Waals surface area contributed by atoms with Crippen molar-refractivity contribution in [2.75, 3.05) is 12.3 Å². The van der Waals surface area contributed by atoms with Crippen molar-refractivity contribution in [3.05, 3.63) is 35.4 Å². The maximum Gasteiger partial charge on any atom is 0.329 e. The second kappa shape index (κ2) is 5.37. The summed E-state index contributed by atoms with van der Waals surface area (Å²) < 4.78 is 0. The van der Waals surface area contributed by atoms with Crippen LogP contribution in [0.5, 0.6) is 0 Å². The predicted octanol–water partition coefficient (Wildman–Crippen LogP) is 2.48. The molecule has 2 aliphatic heterocycles. The van der Waals surface area contributed by atoms with Crippen molar-refractivity contribution in [1.29, 1.82) is 0 Å². The van der Waals surface area contributed by atoms with Crippen LogP contribution in [0.2, 0.25) is 0 Å². The molecule has 5 heteroatoms. The van der Waals surface area contributed by atoms with Crippen LogP contribution in [0.1, 0.15) is 36.1 Å². The van der Waals surface area contributed by atoms with Crippen LogP contribution in [0.25, 0.3) is 0 Å². The second-order valence-corrected chi connectivity index (χ2v) is 7.09. The largest absolute Gasteiger partial charge is 0.480 e. The number of carboxylic acids is 1. The number of aryl methyl sites for hydroxylation is 1. The lowest BCUT2D eigenvalue weighted by molar-refractivity contribution is -0.155. The highest BCUT2D eigenvalue weighted by Crippen LogP contribution is 2.41. The standard InChI is InChI=1S/C16H19NO3S/c1-16(15(19)20)8-4-9-17(16)14(18)13-12-6-3-2-5-11(12)7-10-21-13/h2-3,5-6,13H,4,7-10H2,1H3,(H,19,20). The number of fused-ring (bicyclic) bond motifs is 1. The Morgan fingerprint density at radius 3 is 2.90 bits per heavy atom. The number of benzene rings is 1. The van der Waals surface area contributed by atoms with Crippen LogP contribution in [0.3, 0.4) is 0 Å². The van der Waals surface area contributed by atoms with Gasteiger partial charge in [0.2, 0.25) is 5.91 Å². The number of thioether (sulfide) groups is 1. The number of rotatable bonds is 2. The Morgan fingerprint density at radius 1 is 1.38 bits per heavy atom. The van der Waals surface area contributed by atoms with E-state index in [1.54, 1.807) is 23.6 Å². The zero-order chi connectivity index (χ0) is 15.0. The molecule has 0 spiro atoms. The predicted molar refractivity (Wildman–Crippen MR) is 82.3 cm³/mol. The van der Waals surface area contributed by atoms with E-state index < -0.39 is 11.5 Å². The molecule has 1 aromatic carbocycles. The van der Waals surface area contributed by atoms with Crippen LogP contribution < -0.4 is 0 Å². The van der Waals surface area contributed by atoms with Crippen LogP contribution in [0.15, 0.2) is 24.3 Å². The molecular weight excluding hydrogens is 286 g/mol. The highest BCUT2D eigenvalue weighted by atomic mass is 32.2. The second-order valence-electron chi connectivity index (χ2n) is 5.87. The Hall–Kier alpha value is -1.49. The average Bonchev–Trinajstić information content (AvgIpc) is 2.89. The first-order chi connectivity index (χ1) is 10.0. The van der Waals surface area contributed by atoms with Crippen molar-refractivity contribution in [2.45, 2.75) is 37.0 Å². The Morgan fingerprint density at radius 2 is 2.14 bits per heavy atom. The summed E-state index contributed by atoms with van der Waals surface area (Å²) in [7, 11) is 0. The molecule has 0 bridgehead atoms. The number of amides is 1. The van der Waals surface area contributed by atoms with Gasteiger partial charge in [0.1, 0.15) is 10.8 Å². The van der Waals surface area contributed by atoms with Crippen LogP contribution in [0.4, 0.5) is 0 Å². The number of likely N-dealkylation sites (tertiary alicyclic amines) is 1. The molecular formula is C16H19NO3S. The third kappa shape index (κ3) is 2.33. The van der Waals surface area contributed by atoms with E-state index in [1.807, 2.05) is 18.2 Å². The minimum absolute atomic E-state index is 0.0467. The molecule has 1 fully saturated rings. The molecule has 0 aliphatic carbocycles. The van der Waals surface area contributed by atoms with E-state index in [0.717, 1.165) is 24.2 Å². The summed E-state index contributed by atoms with van der Waals surface area (Å²) in [6, 6.07) is 8.01. The van der Waals surface area contributed by atoms with E-state index in [9.17, 15) is 14.7 Å². The van der Waals surface area contributed by atoms with E-state index in [4.69, 9.17) is 0 Å². The molecule has 2 aliphatic rings. The highest BCUT2D eigenvalue weighted by molar-refractivity contribution is 8.00. The minimum atomic E-state index is -1.05. The maximum atomic E-state index is 12.9. The molecule has 21 heavy (non-hydrogen) atoms. The van der Waals surface area contributed by atoms with Gasteiger partial charge < -0.3 is 10.0 Å². The average molecular weight is 305 g/mol. The molecule has 1 amide bonds. The summed E-state index contributed by atoms with van der Waals surface area (Å²) in [5.41, 5.74) is 1.22. The van der Waals surface area contributed by atoms with Crippen LogP contribution in [-0.2, 0) is 16.0 Å². The van der Waals surface area contributed by atoms with Crippen molar-refractivity contribution in [3.63, 3.8) is 0 Å². The monoisotopic (exact) mass is 305 g/mol. The van der Waals surface area contributed by atoms with Gasteiger partial charge in [0, 0.05) is 6.54 Å². The third-order valence-electron chi connectivity index (χ3n) is 4.59. The summed E-state index contributed by atoms with van der Waals surface area (Å²) in [6.07, 6.45) is 2.27. The van der Waals surface area contributed by atoms with E-state index >= 15 is 0 Å². The zero-order valence-electron chi connectivity index (χ0n) is 12.0. The van der Waals surface area contributed by atoms with E-state index in [1.165, 1.54) is 5.56 Å². The normalized spacial score (nSPS) is 28.2. The lowest BCUT2D eigenvalue weighted by atomic mass is 9.97. The number of nitrogens with zero attached hydrogens (tertiary/aromatic N) is 1. The number of carbonyl (C=O) groups is 2. The molecule has 3 rings (SSSR count). The SMILES string of the molecule is CC1(C(=O)O)CCCN1C(=O)C1SCCc2ccccc21. The Bertz CT molecular complexity index is 589. The van der Waals surface area contributed by atoms with Crippen LogP contribution in [-0.4, -0.2) is 39.7 Å². The molecule has 1 aromatic rings. The van der Waals surface area contributed by atoms with E-state index in [2.05, 4.69) is 6.07 Å². The first kappa shape index (κ1) is 14.4. The molecule has 0 saturated carbocycles. The highest BCUT2D eigenvalue weighted by Gasteiger charge is 2.48. The lowest BCUT2D eigenvalue weighted by Crippen LogP contribution is -2.52. The summed E-state index contributed by atoms with van der Waals surface area (Å²) in [4.78, 5) is 26.1. The van der Waals surface area contributed by atoms with E-state index in [0.29, 0.717) is 13.0 Å². The van der Waals surface area contributed by atoms with Gasteiger partial charge >= 0.3 is 5.97 Å². The van der Waals surface area contributed by atoms with Gasteiger partial charge in [-0.05, 0) is 43.1 Å². The third-order valence-corrected chi connectivity index (χ3v) is 5.81. The molecule has 112 valence electrons. The number of aliphatic carboxylic acids is 1. The molecule has 2 heterocycles. The van der Waals surface area contributed by atoms with Crippen molar-refractivity contribution in [1.82, 2.24) is 4.90 Å². The number of hydrogen-bond donors (Lipinski definition) is 1. The Kier molecular flexibility index (Phi) is 3.69. The van der Waals surface area contributed by atoms with Gasteiger partial charge in [0.05, 0.1) is 0 Å². The molecule has 4 nitrogen and oxygen atoms in total. The zero-order valence-corrected chi connectivity index (χ0v) is 12.9. The number of carbonyl (C=O) groups excluding carboxylic acids is 1. The molecule has 1 saturated heterocycles. The minimum Gasteiger partial charge on any atom is -0.480 e. The molecule has 1 N–H and O–H groups in total. The fraction of sp³-hybridized carbons (Fsp3) is 0.500. The molecule has 0 aromatic heterocycles. The number of hydrogen-bond acceptors (Lipinski definition) is 3. The first-order valence-corrected chi connectivity index (χ1v) is 8.33. The molecule has 2 unspecified atom stereocenters. The quantitative estimate of drug-likeness (QED) is 0.912. The molecule has 0 radical (unpaired) electrons. The van der Waals surface area contributed by atoms with Crippen molar-refractivity contribution in [2.24, 2.45) is 0 Å². The fourth-order valence-electron chi connectivity index (χ4n) is 3.28. The van der Waals surface area contributed by atoms with Gasteiger partial charge in [-0.3, -0.25) is 4.79 Å². The van der Waals surface area contributed by atoms with Gasteiger partial charge in [-0.2, -0.15) is 0 Å². The van der Waals surface area contributed by atoms with Crippen molar-refractivity contribution < 1.29 is 14.7 Å². The van der Waals surface area contributed by atoms with Crippen molar-refractivity contribution >= 4 is 23.6 Å². The van der Waals surface area contributed by atoms with Gasteiger partial charge in [0.25, 0.3) is 0 Å². The van der Waals surface area contributed by atoms with Gasteiger partial charge in [-0.25, -0.2) is 4.79 Å². The first-order valence-electron chi connectivity index (χ1n) is 7.28. The summed E-state index contributed by atoms with van der Waals surface area (Å²) in [6.45, 7) is 2.21. The topological polar surface area (TPSA) is 57.6 Å². The van der Waals surface area contributed by atoms with Crippen molar-refractivity contribution in [3.8, 4) is 0 Å². The lowest BCUT2D eigenvalue weighted by Gasteiger charge is -2.35. The summed E-state index contributed by atoms with van der Waals surface area (Å²) in [5.74, 6) is -0.0394. The summed E-state index contributed by atoms with van der Waals surface area (Å²) >= 11 is 1.63. The van der Waals surface area contributed by atoms with Gasteiger partial charge in [-0.15, -0.1) is 11.8 Å². The fourth-order valence-corrected chi connectivity index (χ4v) is 4.53. The Balaban J connectivity index is 1.92. The Labute approximate surface area is 128 Å². The van der Waals surface area contributed by atoms with Crippen LogP contribution >= 0.6 is 11.8 Å². The van der Waals surface area contributed by atoms with E-state index in [-0.39, 0.29) is 11.2 Å². The van der Waals surface area contributed by atoms with Crippen LogP contribution in [0, 0.1) is 0 Å². The number of carboxylic acid groups (broad SMARTS) is 1. The van der Waals surface area contributed by atoms with Gasteiger partial charge in [-0.1, -0.05) is 24.3 Å². The summed E-state index contributed by atoms with van der Waals surface area (Å²) in [5, 5.41) is 9.23. The molecule has 2 atom stereocenters. The smallest absolute Gasteiger partial charge is 0.329 e.